The molecule has 0 N–H and O–H groups in total. The summed E-state index contributed by atoms with van der Waals surface area (Å²) in [6.45, 7) is 1.15. The van der Waals surface area contributed by atoms with Crippen LogP contribution in [0.4, 0.5) is 5.69 Å². The van der Waals surface area contributed by atoms with Crippen molar-refractivity contribution in [3.63, 3.8) is 0 Å². The Labute approximate surface area is 160 Å². The van der Waals surface area contributed by atoms with E-state index in [0.29, 0.717) is 13.1 Å². The predicted molar refractivity (Wildman–Crippen MR) is 107 cm³/mol. The Bertz CT molecular complexity index is 847. The van der Waals surface area contributed by atoms with E-state index in [1.54, 1.807) is 4.90 Å². The van der Waals surface area contributed by atoms with Crippen molar-refractivity contribution in [2.45, 2.75) is 32.1 Å². The van der Waals surface area contributed by atoms with Crippen molar-refractivity contribution in [1.29, 1.82) is 0 Å². The van der Waals surface area contributed by atoms with Gasteiger partial charge in [0.05, 0.1) is 5.92 Å². The van der Waals surface area contributed by atoms with Gasteiger partial charge in [-0.2, -0.15) is 0 Å². The van der Waals surface area contributed by atoms with Crippen LogP contribution in [-0.4, -0.2) is 36.9 Å². The topological polar surface area (TPSA) is 40.6 Å². The van der Waals surface area contributed by atoms with E-state index in [1.165, 1.54) is 24.0 Å². The molecule has 1 aliphatic carbocycles. The van der Waals surface area contributed by atoms with Crippen LogP contribution in [0, 0.1) is 5.92 Å². The number of hydrogen-bond acceptors (Lipinski definition) is 2. The second-order valence-corrected chi connectivity index (χ2v) is 7.66. The first-order valence-corrected chi connectivity index (χ1v) is 9.87. The molecule has 2 aromatic rings. The SMILES string of the molecule is CN(C(=O)[C@@H]1CCN(C(=O)c2ccc3c(c2)CCCC3)C1)c1ccccc1. The van der Waals surface area contributed by atoms with Crippen molar-refractivity contribution in [1.82, 2.24) is 4.90 Å². The van der Waals surface area contributed by atoms with E-state index in [0.717, 1.165) is 30.5 Å². The fourth-order valence-corrected chi connectivity index (χ4v) is 4.25. The van der Waals surface area contributed by atoms with Crippen molar-refractivity contribution < 1.29 is 9.59 Å². The number of carbonyl (C=O) groups excluding carboxylic acids is 2. The van der Waals surface area contributed by atoms with Crippen molar-refractivity contribution in [3.8, 4) is 0 Å². The molecule has 1 fully saturated rings. The number of amides is 2. The molecule has 4 nitrogen and oxygen atoms in total. The van der Waals surface area contributed by atoms with Gasteiger partial charge in [0.1, 0.15) is 0 Å². The summed E-state index contributed by atoms with van der Waals surface area (Å²) in [5, 5.41) is 0. The molecule has 2 aliphatic rings. The molecule has 1 atom stereocenters. The largest absolute Gasteiger partial charge is 0.338 e. The Morgan fingerprint density at radius 1 is 1.00 bits per heavy atom. The van der Waals surface area contributed by atoms with Gasteiger partial charge in [0.15, 0.2) is 0 Å². The Kier molecular flexibility index (Phi) is 4.97. The minimum Gasteiger partial charge on any atom is -0.338 e. The summed E-state index contributed by atoms with van der Waals surface area (Å²) < 4.78 is 0. The molecule has 1 saturated heterocycles. The zero-order chi connectivity index (χ0) is 18.8. The average Bonchev–Trinajstić information content (AvgIpc) is 3.22. The zero-order valence-corrected chi connectivity index (χ0v) is 15.9. The molecule has 0 aromatic heterocycles. The lowest BCUT2D eigenvalue weighted by molar-refractivity contribution is -0.121. The molecule has 4 rings (SSSR count). The number of likely N-dealkylation sites (tertiary alicyclic amines) is 1. The minimum atomic E-state index is -0.128. The van der Waals surface area contributed by atoms with E-state index < -0.39 is 0 Å². The van der Waals surface area contributed by atoms with E-state index in [-0.39, 0.29) is 17.7 Å². The van der Waals surface area contributed by atoms with Crippen LogP contribution in [0.3, 0.4) is 0 Å². The van der Waals surface area contributed by atoms with Gasteiger partial charge in [-0.3, -0.25) is 9.59 Å². The molecule has 140 valence electrons. The molecule has 0 spiro atoms. The van der Waals surface area contributed by atoms with Crippen LogP contribution in [0.5, 0.6) is 0 Å². The number of para-hydroxylation sites is 1. The predicted octanol–water partition coefficient (Wildman–Crippen LogP) is 3.69. The molecule has 2 aromatic carbocycles. The molecule has 0 bridgehead atoms. The molecule has 0 saturated carbocycles. The lowest BCUT2D eigenvalue weighted by Crippen LogP contribution is -2.36. The highest BCUT2D eigenvalue weighted by molar-refractivity contribution is 5.97. The molecule has 1 aliphatic heterocycles. The highest BCUT2D eigenvalue weighted by atomic mass is 16.2. The van der Waals surface area contributed by atoms with E-state index in [4.69, 9.17) is 0 Å². The van der Waals surface area contributed by atoms with Crippen molar-refractivity contribution in [2.75, 3.05) is 25.0 Å². The van der Waals surface area contributed by atoms with Gasteiger partial charge in [0, 0.05) is 31.4 Å². The van der Waals surface area contributed by atoms with Crippen LogP contribution in [-0.2, 0) is 17.6 Å². The Morgan fingerprint density at radius 2 is 1.74 bits per heavy atom. The molecule has 0 radical (unpaired) electrons. The van der Waals surface area contributed by atoms with Crippen LogP contribution in [0.1, 0.15) is 40.7 Å². The average molecular weight is 362 g/mol. The number of aryl methyl sites for hydroxylation is 2. The van der Waals surface area contributed by atoms with Gasteiger partial charge < -0.3 is 9.80 Å². The highest BCUT2D eigenvalue weighted by Crippen LogP contribution is 2.26. The number of anilines is 1. The van der Waals surface area contributed by atoms with Crippen molar-refractivity contribution in [2.24, 2.45) is 5.92 Å². The summed E-state index contributed by atoms with van der Waals surface area (Å²) in [7, 11) is 1.81. The van der Waals surface area contributed by atoms with E-state index in [9.17, 15) is 9.59 Å². The maximum absolute atomic E-state index is 12.9. The first-order valence-electron chi connectivity index (χ1n) is 9.87. The Hall–Kier alpha value is -2.62. The normalized spacial score (nSPS) is 18.9. The fraction of sp³-hybridized carbons (Fsp3) is 0.391. The maximum atomic E-state index is 12.9. The zero-order valence-electron chi connectivity index (χ0n) is 15.9. The number of benzene rings is 2. The summed E-state index contributed by atoms with van der Waals surface area (Å²) >= 11 is 0. The molecular weight excluding hydrogens is 336 g/mol. The summed E-state index contributed by atoms with van der Waals surface area (Å²) in [4.78, 5) is 29.3. The summed E-state index contributed by atoms with van der Waals surface area (Å²) in [5.74, 6) is 0.0137. The van der Waals surface area contributed by atoms with Gasteiger partial charge >= 0.3 is 0 Å². The van der Waals surface area contributed by atoms with Crippen LogP contribution >= 0.6 is 0 Å². The van der Waals surface area contributed by atoms with E-state index >= 15 is 0 Å². The third-order valence-corrected chi connectivity index (χ3v) is 5.89. The van der Waals surface area contributed by atoms with Crippen LogP contribution < -0.4 is 4.90 Å². The third-order valence-electron chi connectivity index (χ3n) is 5.89. The van der Waals surface area contributed by atoms with Gasteiger partial charge in [-0.15, -0.1) is 0 Å². The van der Waals surface area contributed by atoms with Gasteiger partial charge in [0.25, 0.3) is 5.91 Å². The fourth-order valence-electron chi connectivity index (χ4n) is 4.25. The second kappa shape index (κ2) is 7.55. The first-order chi connectivity index (χ1) is 13.1. The second-order valence-electron chi connectivity index (χ2n) is 7.66. The van der Waals surface area contributed by atoms with Crippen LogP contribution in [0.15, 0.2) is 48.5 Å². The van der Waals surface area contributed by atoms with E-state index in [1.807, 2.05) is 48.3 Å². The molecular formula is C23H26N2O2. The van der Waals surface area contributed by atoms with Crippen LogP contribution in [0.2, 0.25) is 0 Å². The van der Waals surface area contributed by atoms with Gasteiger partial charge in [-0.25, -0.2) is 0 Å². The van der Waals surface area contributed by atoms with E-state index in [2.05, 4.69) is 12.1 Å². The molecule has 4 heteroatoms. The monoisotopic (exact) mass is 362 g/mol. The summed E-state index contributed by atoms with van der Waals surface area (Å²) in [6.07, 6.45) is 5.37. The smallest absolute Gasteiger partial charge is 0.253 e. The number of rotatable bonds is 3. The number of hydrogen-bond donors (Lipinski definition) is 0. The number of nitrogens with zero attached hydrogens (tertiary/aromatic N) is 2. The Balaban J connectivity index is 1.43. The lowest BCUT2D eigenvalue weighted by Gasteiger charge is -2.22. The van der Waals surface area contributed by atoms with Gasteiger partial charge in [-0.1, -0.05) is 24.3 Å². The lowest BCUT2D eigenvalue weighted by atomic mass is 9.90. The third kappa shape index (κ3) is 3.61. The maximum Gasteiger partial charge on any atom is 0.253 e. The molecule has 27 heavy (non-hydrogen) atoms. The highest BCUT2D eigenvalue weighted by Gasteiger charge is 2.33. The standard InChI is InChI=1S/C23H26N2O2/c1-24(21-9-3-2-4-10-21)22(26)20-13-14-25(16-20)23(27)19-12-11-17-7-5-6-8-18(17)15-19/h2-4,9-12,15,20H,5-8,13-14,16H2,1H3/t20-/m1/s1. The van der Waals surface area contributed by atoms with Crippen molar-refractivity contribution in [3.05, 3.63) is 65.2 Å². The molecule has 1 heterocycles. The molecule has 0 unspecified atom stereocenters. The van der Waals surface area contributed by atoms with Crippen molar-refractivity contribution >= 4 is 17.5 Å². The first kappa shape index (κ1) is 17.8. The summed E-state index contributed by atoms with van der Waals surface area (Å²) in [5.41, 5.74) is 4.36. The Morgan fingerprint density at radius 3 is 2.52 bits per heavy atom. The molecule has 2 amide bonds. The van der Waals surface area contributed by atoms with Gasteiger partial charge in [-0.05, 0) is 67.5 Å². The van der Waals surface area contributed by atoms with Crippen LogP contribution in [0.25, 0.3) is 0 Å². The quantitative estimate of drug-likeness (QED) is 0.835. The minimum absolute atomic E-state index is 0.0565. The van der Waals surface area contributed by atoms with Gasteiger partial charge in [0.2, 0.25) is 5.91 Å². The number of carbonyl (C=O) groups is 2. The number of fused-ring (bicyclic) bond motifs is 1. The summed E-state index contributed by atoms with van der Waals surface area (Å²) in [6, 6.07) is 15.8.